The molecule has 2 unspecified atom stereocenters. The Labute approximate surface area is 840 Å². The van der Waals surface area contributed by atoms with Crippen molar-refractivity contribution in [2.75, 3.05) is 13.3 Å². The van der Waals surface area contributed by atoms with Gasteiger partial charge in [-0.2, -0.15) is 21.0 Å². The Balaban J connectivity index is 0.000000126. The number of benzene rings is 11. The van der Waals surface area contributed by atoms with Crippen LogP contribution in [0, 0.1) is 63.9 Å². The number of pyridine rings is 1. The molecule has 0 amide bonds. The van der Waals surface area contributed by atoms with Crippen LogP contribution in [0.2, 0.25) is 5.02 Å². The minimum absolute atomic E-state index is 0.0232. The second-order valence-corrected chi connectivity index (χ2v) is 43.9. The van der Waals surface area contributed by atoms with Gasteiger partial charge in [0.25, 0.3) is 0 Å². The first-order valence-corrected chi connectivity index (χ1v) is 51.1. The summed E-state index contributed by atoms with van der Waals surface area (Å²) in [6, 6.07) is 81.3. The zero-order valence-corrected chi connectivity index (χ0v) is 83.7. The number of carboxylic acids is 3. The van der Waals surface area contributed by atoms with E-state index in [1.807, 2.05) is 150 Å². The maximum Gasteiger partial charge on any atom is 0.335 e. The van der Waals surface area contributed by atoms with Crippen LogP contribution in [0.3, 0.4) is 0 Å². The lowest BCUT2D eigenvalue weighted by Crippen LogP contribution is -2.36. The van der Waals surface area contributed by atoms with Gasteiger partial charge < -0.3 is 38.2 Å². The van der Waals surface area contributed by atoms with Gasteiger partial charge in [0.05, 0.1) is 96.8 Å². The molecule has 144 heavy (non-hydrogen) atoms. The second kappa shape index (κ2) is 39.6. The smallest absolute Gasteiger partial charge is 0.335 e. The number of halogens is 3. The molecule has 0 saturated heterocycles. The van der Waals surface area contributed by atoms with Crippen LogP contribution >= 0.6 is 18.7 Å². The second-order valence-electron chi connectivity index (χ2n) is 40.4. The number of carboxylic acid groups (broad SMARTS) is 3. The van der Waals surface area contributed by atoms with Crippen LogP contribution in [-0.2, 0) is 65.5 Å². The van der Waals surface area contributed by atoms with Crippen LogP contribution in [-0.4, -0.2) is 94.7 Å². The van der Waals surface area contributed by atoms with Gasteiger partial charge in [0.1, 0.15) is 24.2 Å². The summed E-state index contributed by atoms with van der Waals surface area (Å²) in [6.45, 7) is 25.6. The van der Waals surface area contributed by atoms with E-state index in [0.29, 0.717) is 80.1 Å². The molecule has 0 spiro atoms. The van der Waals surface area contributed by atoms with E-state index < -0.39 is 41.3 Å². The van der Waals surface area contributed by atoms with E-state index in [1.165, 1.54) is 28.8 Å². The van der Waals surface area contributed by atoms with E-state index in [0.717, 1.165) is 175 Å². The molecule has 21 rings (SSSR count). The molecule has 9 heterocycles. The van der Waals surface area contributed by atoms with E-state index in [9.17, 15) is 59.7 Å². The van der Waals surface area contributed by atoms with E-state index in [4.69, 9.17) is 16.6 Å². The lowest BCUT2D eigenvalue weighted by atomic mass is 9.63. The molecule has 24 heteroatoms. The van der Waals surface area contributed by atoms with Gasteiger partial charge in [0, 0.05) is 184 Å². The molecule has 4 aliphatic heterocycles. The Bertz CT molecular complexity index is 8260. The zero-order chi connectivity index (χ0) is 102. The van der Waals surface area contributed by atoms with Crippen molar-refractivity contribution in [3.63, 3.8) is 0 Å². The number of aromatic nitrogens is 5. The Kier molecular flexibility index (Phi) is 27.0. The third kappa shape index (κ3) is 18.6. The molecule has 2 atom stereocenters. The van der Waals surface area contributed by atoms with Gasteiger partial charge in [-0.15, -0.1) is 0 Å². The monoisotopic (exact) mass is 1950 g/mol. The summed E-state index contributed by atoms with van der Waals surface area (Å²) < 4.78 is 51.8. The number of nitrogens with zero attached hydrogens (tertiary/aromatic N) is 13. The summed E-state index contributed by atoms with van der Waals surface area (Å²) in [6.07, 6.45) is 13.6. The molecule has 1 saturated carbocycles. The molecule has 11 aromatic carbocycles. The largest absolute Gasteiger partial charge is 0.478 e. The maximum atomic E-state index is 15.0. The van der Waals surface area contributed by atoms with Crippen molar-refractivity contribution in [1.82, 2.24) is 23.3 Å². The summed E-state index contributed by atoms with van der Waals surface area (Å²) in [5.41, 5.74) is 28.5. The average molecular weight is 1950 g/mol. The van der Waals surface area contributed by atoms with Crippen molar-refractivity contribution in [1.29, 1.82) is 21.0 Å². The van der Waals surface area contributed by atoms with Crippen molar-refractivity contribution in [3.8, 4) is 68.8 Å². The molecular weight excluding hydrogens is 1840 g/mol. The summed E-state index contributed by atoms with van der Waals surface area (Å²) in [4.78, 5) is 57.0. The highest BCUT2D eigenvalue weighted by Crippen LogP contribution is 2.55. The number of hydrogen-bond donors (Lipinski definition) is 3. The molecular formula is C120H107ClF2N13O7P. The highest BCUT2D eigenvalue weighted by atomic mass is 35.5. The Morgan fingerprint density at radius 1 is 0.451 bits per heavy atom. The SMILES string of the molecule is CC(c1ccccc1)n1c(C(C)(C)CC#N)c(-c2ccc(C(=O)O)cc2)c2cc3c(cc21)C=NC3.CC(c1ccccc1F)n1c(C(C)(C)CC#N)c(-c2ccc(C(=O)O)cc2)c2cc3c(cc21)C=NC3.Cc1cc(-c2c(C(C)(C)CC#N)n(Cc3ccccc3Cl)c3cc4c(cc23)CN=C4)cnc1P(C)(C)=O.N#CCC1(c2c(-c3ccc(C(=O)O)cc3)c3cc4c(cc3n2Cc2ccccc2F)C=NC4)CCC1. The molecule has 1 aliphatic carbocycles. The maximum absolute atomic E-state index is 15.0. The highest BCUT2D eigenvalue weighted by molar-refractivity contribution is 7.70. The van der Waals surface area contributed by atoms with Crippen LogP contribution in [0.15, 0.2) is 257 Å². The van der Waals surface area contributed by atoms with E-state index in [2.05, 4.69) is 164 Å². The summed E-state index contributed by atoms with van der Waals surface area (Å²) in [5.74, 6) is -3.46. The van der Waals surface area contributed by atoms with Crippen molar-refractivity contribution in [3.05, 3.63) is 365 Å². The van der Waals surface area contributed by atoms with Crippen LogP contribution < -0.4 is 5.44 Å². The molecule has 5 aliphatic rings. The quantitative estimate of drug-likeness (QED) is 0.0476. The van der Waals surface area contributed by atoms with Gasteiger partial charge in [-0.25, -0.2) is 23.2 Å². The number of aromatic carboxylic acids is 3. The van der Waals surface area contributed by atoms with Gasteiger partial charge in [-0.1, -0.05) is 181 Å². The molecule has 0 bridgehead atoms. The van der Waals surface area contributed by atoms with E-state index >= 15 is 4.39 Å². The van der Waals surface area contributed by atoms with Crippen molar-refractivity contribution < 1.29 is 43.0 Å². The highest BCUT2D eigenvalue weighted by Gasteiger charge is 2.45. The minimum atomic E-state index is -2.52. The number of hydrogen-bond acceptors (Lipinski definition) is 13. The van der Waals surface area contributed by atoms with Crippen LogP contribution in [0.5, 0.6) is 0 Å². The van der Waals surface area contributed by atoms with Gasteiger partial charge in [-0.3, -0.25) is 25.0 Å². The Morgan fingerprint density at radius 3 is 1.25 bits per heavy atom. The average Bonchev–Trinajstić information content (AvgIpc) is 1.29. The molecule has 16 aromatic rings. The van der Waals surface area contributed by atoms with Gasteiger partial charge in [0.2, 0.25) is 0 Å². The number of rotatable bonds is 24. The van der Waals surface area contributed by atoms with Gasteiger partial charge >= 0.3 is 17.9 Å². The first kappa shape index (κ1) is 98.3. The topological polar surface area (TPSA) is 306 Å². The van der Waals surface area contributed by atoms with E-state index in [1.54, 1.807) is 74.0 Å². The number of carbonyl (C=O) groups is 3. The Hall–Kier alpha value is -15.8. The lowest BCUT2D eigenvalue weighted by Gasteiger charge is -2.42. The standard InChI is InChI=1S/C30H30ClN4OP.C30H24FN3O2.C30H26FN3O2.C30H27N3O2/c1-19-12-23(17-34-29(19)37(4,5)36)27-24-13-21-15-33-16-22(21)14-26(24)35(28(27)30(2,3)10-11-32)18-20-8-6-7-9-25(20)31;31-25-5-2-1-4-21(25)18-34-26-15-23-17-33-16-22(23)14-24(26)27(19-6-8-20(9-7-19)29(35)36)28(34)30(12-13-32)10-3-11-30;1-18(23-6-4-5-7-25(23)31)34-26-15-22-17-33-16-21(22)14-24(26)27(28(34)30(2,3)12-13-32)19-8-10-20(11-9-19)29(35)36;1-19(20-7-5-4-6-8-20)33-26-16-24-18-32-17-23(24)15-25(26)27(28(33)30(2,3)13-14-31)21-9-11-22(12-10-21)29(34)35/h6-9,12-14,16-17H,10,15,18H2,1-5H3;1-2,4-9,14-15,17H,3,10-12,16,18H2,(H,35,36);4-11,14-15,17-18H,12,16H2,1-3H3,(H,35,36);4-12,15-16,18-19H,13,17H2,1-3H3,(H,34,35). The fourth-order valence-electron chi connectivity index (χ4n) is 21.8. The van der Waals surface area contributed by atoms with Crippen LogP contribution in [0.25, 0.3) is 88.1 Å². The van der Waals surface area contributed by atoms with Crippen molar-refractivity contribution >= 4 is 111 Å². The van der Waals surface area contributed by atoms with Crippen LogP contribution in [0.1, 0.15) is 239 Å². The first-order chi connectivity index (χ1) is 69.1. The molecule has 0 radical (unpaired) electrons. The molecule has 20 nitrogen and oxygen atoms in total. The van der Waals surface area contributed by atoms with E-state index in [-0.39, 0.29) is 52.2 Å². The molecule has 3 N–H and O–H groups in total. The number of aryl methyl sites for hydroxylation is 1. The molecule has 720 valence electrons. The first-order valence-electron chi connectivity index (χ1n) is 48.1. The van der Waals surface area contributed by atoms with Gasteiger partial charge in [0.15, 0.2) is 0 Å². The van der Waals surface area contributed by atoms with Gasteiger partial charge in [-0.05, 0) is 234 Å². The summed E-state index contributed by atoms with van der Waals surface area (Å²) >= 11 is 6.63. The third-order valence-electron chi connectivity index (χ3n) is 29.0. The fraction of sp³-hybridized carbons (Fsp3) is 0.250. The predicted octanol–water partition coefficient (Wildman–Crippen LogP) is 27.2. The fourth-order valence-corrected chi connectivity index (χ4v) is 23.2. The molecule has 1 fully saturated rings. The number of fused-ring (bicyclic) bond motifs is 8. The number of aliphatic imine (C=N–C) groups is 4. The van der Waals surface area contributed by atoms with Crippen molar-refractivity contribution in [2.24, 2.45) is 20.0 Å². The minimum Gasteiger partial charge on any atom is -0.478 e. The predicted molar refractivity (Wildman–Crippen MR) is 569 cm³/mol. The zero-order valence-electron chi connectivity index (χ0n) is 82.0. The third-order valence-corrected chi connectivity index (χ3v) is 30.8. The normalized spacial score (nSPS) is 13.9. The lowest BCUT2D eigenvalue weighted by molar-refractivity contribution is 0.0686. The summed E-state index contributed by atoms with van der Waals surface area (Å²) in [7, 11) is -2.52. The summed E-state index contributed by atoms with van der Waals surface area (Å²) in [5, 5.41) is 72.3. The molecule has 5 aromatic heterocycles. The van der Waals surface area contributed by atoms with Crippen molar-refractivity contribution in [2.45, 2.75) is 180 Å². The number of nitriles is 4. The van der Waals surface area contributed by atoms with Crippen LogP contribution in [0.4, 0.5) is 8.78 Å². The Morgan fingerprint density at radius 2 is 0.833 bits per heavy atom.